The quantitative estimate of drug-likeness (QED) is 0.511. The Hall–Kier alpha value is -1.30. The van der Waals surface area contributed by atoms with Gasteiger partial charge in [-0.05, 0) is 18.2 Å². The van der Waals surface area contributed by atoms with Crippen LogP contribution in [-0.4, -0.2) is 9.97 Å². The van der Waals surface area contributed by atoms with E-state index in [1.807, 2.05) is 44.2 Å². The van der Waals surface area contributed by atoms with Crippen molar-refractivity contribution in [3.8, 4) is 0 Å². The fourth-order valence-electron chi connectivity index (χ4n) is 1.48. The van der Waals surface area contributed by atoms with Gasteiger partial charge >= 0.3 is 0 Å². The van der Waals surface area contributed by atoms with Crippen LogP contribution in [0, 0.1) is 0 Å². The summed E-state index contributed by atoms with van der Waals surface area (Å²) in [5.41, 5.74) is 2.57. The molecule has 0 spiro atoms. The molecule has 19 heavy (non-hydrogen) atoms. The molecule has 1 aromatic carbocycles. The van der Waals surface area contributed by atoms with E-state index in [1.54, 1.807) is 0 Å². The van der Waals surface area contributed by atoms with Crippen molar-refractivity contribution in [3.05, 3.63) is 41.2 Å². The number of nitrogens with one attached hydrogen (secondary N) is 1. The molecule has 100 valence electrons. The van der Waals surface area contributed by atoms with Gasteiger partial charge in [0, 0.05) is 21.9 Å². The zero-order valence-corrected chi connectivity index (χ0v) is 12.3. The van der Waals surface area contributed by atoms with Gasteiger partial charge in [-0.3, -0.25) is 0 Å². The zero-order valence-electron chi connectivity index (χ0n) is 10.7. The summed E-state index contributed by atoms with van der Waals surface area (Å²) >= 11 is 7.50. The lowest BCUT2D eigenvalue weighted by atomic mass is 10.2. The van der Waals surface area contributed by atoms with E-state index >= 15 is 0 Å². The molecule has 4 nitrogen and oxygen atoms in total. The summed E-state index contributed by atoms with van der Waals surface area (Å²) < 4.78 is 0. The number of nitrogens with two attached hydrogens (primary N) is 1. The van der Waals surface area contributed by atoms with Crippen molar-refractivity contribution < 1.29 is 0 Å². The number of nitrogen functional groups attached to an aromatic ring is 1. The van der Waals surface area contributed by atoms with Crippen molar-refractivity contribution in [1.82, 2.24) is 9.97 Å². The van der Waals surface area contributed by atoms with Crippen LogP contribution in [0.2, 0.25) is 5.02 Å². The summed E-state index contributed by atoms with van der Waals surface area (Å²) in [6, 6.07) is 9.47. The predicted molar refractivity (Wildman–Crippen MR) is 79.5 cm³/mol. The number of hydrogen-bond donors (Lipinski definition) is 2. The number of hydrogen-bond acceptors (Lipinski definition) is 5. The first-order valence-corrected chi connectivity index (χ1v) is 7.07. The molecule has 2 rings (SSSR count). The molecule has 0 bridgehead atoms. The Labute approximate surface area is 121 Å². The van der Waals surface area contributed by atoms with E-state index in [0.717, 1.165) is 15.7 Å². The monoisotopic (exact) mass is 294 g/mol. The maximum atomic E-state index is 5.97. The number of rotatable bonds is 4. The molecule has 6 heteroatoms. The topological polar surface area (TPSA) is 63.8 Å². The Morgan fingerprint density at radius 3 is 2.68 bits per heavy atom. The first-order chi connectivity index (χ1) is 9.08. The van der Waals surface area contributed by atoms with Gasteiger partial charge < -0.3 is 5.43 Å². The minimum absolute atomic E-state index is 0.243. The molecule has 0 atom stereocenters. The summed E-state index contributed by atoms with van der Waals surface area (Å²) in [6.07, 6.45) is 0. The molecule has 1 aromatic heterocycles. The van der Waals surface area contributed by atoms with E-state index in [0.29, 0.717) is 10.8 Å². The van der Waals surface area contributed by atoms with Gasteiger partial charge in [0.15, 0.2) is 0 Å². The molecule has 0 aliphatic rings. The van der Waals surface area contributed by atoms with Crippen LogP contribution in [0.15, 0.2) is 40.3 Å². The SMILES string of the molecule is CC(C)c1nc(NN)cc(Sc2cccc(Cl)c2)n1. The third-order valence-electron chi connectivity index (χ3n) is 2.40. The lowest BCUT2D eigenvalue weighted by Gasteiger charge is -2.09. The summed E-state index contributed by atoms with van der Waals surface area (Å²) in [6.45, 7) is 4.09. The van der Waals surface area contributed by atoms with Crippen LogP contribution in [0.25, 0.3) is 0 Å². The number of benzene rings is 1. The molecule has 1 heterocycles. The number of nitrogens with zero attached hydrogens (tertiary/aromatic N) is 2. The van der Waals surface area contributed by atoms with E-state index in [4.69, 9.17) is 17.4 Å². The zero-order chi connectivity index (χ0) is 13.8. The van der Waals surface area contributed by atoms with Gasteiger partial charge in [0.1, 0.15) is 16.7 Å². The Morgan fingerprint density at radius 1 is 1.26 bits per heavy atom. The van der Waals surface area contributed by atoms with Crippen LogP contribution in [0.1, 0.15) is 25.6 Å². The van der Waals surface area contributed by atoms with Gasteiger partial charge in [-0.25, -0.2) is 15.8 Å². The van der Waals surface area contributed by atoms with Crippen LogP contribution in [0.5, 0.6) is 0 Å². The van der Waals surface area contributed by atoms with Gasteiger partial charge in [0.05, 0.1) is 0 Å². The van der Waals surface area contributed by atoms with E-state index in [-0.39, 0.29) is 5.92 Å². The lowest BCUT2D eigenvalue weighted by Crippen LogP contribution is -2.11. The molecular weight excluding hydrogens is 280 g/mol. The van der Waals surface area contributed by atoms with Gasteiger partial charge in [-0.1, -0.05) is 43.3 Å². The van der Waals surface area contributed by atoms with Crippen molar-refractivity contribution in [3.63, 3.8) is 0 Å². The highest BCUT2D eigenvalue weighted by molar-refractivity contribution is 7.99. The minimum Gasteiger partial charge on any atom is -0.308 e. The molecule has 0 fully saturated rings. The van der Waals surface area contributed by atoms with Gasteiger partial charge in [-0.2, -0.15) is 0 Å². The Balaban J connectivity index is 2.31. The smallest absolute Gasteiger partial charge is 0.144 e. The van der Waals surface area contributed by atoms with Crippen LogP contribution < -0.4 is 11.3 Å². The van der Waals surface area contributed by atoms with Crippen molar-refractivity contribution >= 4 is 29.2 Å². The number of hydrazine groups is 1. The summed E-state index contributed by atoms with van der Waals surface area (Å²) in [5.74, 6) is 7.06. The van der Waals surface area contributed by atoms with Crippen molar-refractivity contribution in [2.45, 2.75) is 29.7 Å². The van der Waals surface area contributed by atoms with Crippen molar-refractivity contribution in [1.29, 1.82) is 0 Å². The third kappa shape index (κ3) is 3.83. The van der Waals surface area contributed by atoms with E-state index in [2.05, 4.69) is 15.4 Å². The summed E-state index contributed by atoms with van der Waals surface area (Å²) in [5, 5.41) is 1.55. The highest BCUT2D eigenvalue weighted by Gasteiger charge is 2.09. The Morgan fingerprint density at radius 2 is 2.05 bits per heavy atom. The second-order valence-electron chi connectivity index (χ2n) is 4.31. The fraction of sp³-hybridized carbons (Fsp3) is 0.231. The van der Waals surface area contributed by atoms with E-state index < -0.39 is 0 Å². The third-order valence-corrected chi connectivity index (χ3v) is 3.55. The Kier molecular flexibility index (Phi) is 4.63. The molecule has 0 saturated heterocycles. The highest BCUT2D eigenvalue weighted by Crippen LogP contribution is 2.29. The minimum atomic E-state index is 0.243. The van der Waals surface area contributed by atoms with Crippen molar-refractivity contribution in [2.75, 3.05) is 5.43 Å². The van der Waals surface area contributed by atoms with Crippen LogP contribution >= 0.6 is 23.4 Å². The first kappa shape index (κ1) is 14.1. The number of aromatic nitrogens is 2. The molecule has 2 aromatic rings. The highest BCUT2D eigenvalue weighted by atomic mass is 35.5. The van der Waals surface area contributed by atoms with E-state index in [1.165, 1.54) is 11.8 Å². The van der Waals surface area contributed by atoms with Crippen LogP contribution in [-0.2, 0) is 0 Å². The Bertz CT molecular complexity index is 574. The summed E-state index contributed by atoms with van der Waals surface area (Å²) in [4.78, 5) is 9.87. The summed E-state index contributed by atoms with van der Waals surface area (Å²) in [7, 11) is 0. The van der Waals surface area contributed by atoms with Crippen LogP contribution in [0.4, 0.5) is 5.82 Å². The van der Waals surface area contributed by atoms with Gasteiger partial charge in [-0.15, -0.1) is 0 Å². The first-order valence-electron chi connectivity index (χ1n) is 5.87. The number of halogens is 1. The lowest BCUT2D eigenvalue weighted by molar-refractivity contribution is 0.754. The molecule has 0 saturated carbocycles. The average molecular weight is 295 g/mol. The molecule has 0 aliphatic heterocycles. The van der Waals surface area contributed by atoms with Crippen molar-refractivity contribution in [2.24, 2.45) is 5.84 Å². The normalized spacial score (nSPS) is 10.8. The standard InChI is InChI=1S/C13H15ClN4S/c1-8(2)13-16-11(18-15)7-12(17-13)19-10-5-3-4-9(14)6-10/h3-8H,15H2,1-2H3,(H,16,17,18). The second kappa shape index (κ2) is 6.23. The molecule has 0 aliphatic carbocycles. The largest absolute Gasteiger partial charge is 0.308 e. The second-order valence-corrected chi connectivity index (χ2v) is 5.84. The molecular formula is C13H15ClN4S. The molecule has 0 radical (unpaired) electrons. The van der Waals surface area contributed by atoms with Gasteiger partial charge in [0.2, 0.25) is 0 Å². The maximum Gasteiger partial charge on any atom is 0.144 e. The molecule has 0 unspecified atom stereocenters. The fourth-order valence-corrected chi connectivity index (χ4v) is 2.62. The maximum absolute atomic E-state index is 5.97. The average Bonchev–Trinajstić information content (AvgIpc) is 2.38. The molecule has 0 amide bonds. The van der Waals surface area contributed by atoms with Gasteiger partial charge in [0.25, 0.3) is 0 Å². The van der Waals surface area contributed by atoms with E-state index in [9.17, 15) is 0 Å². The predicted octanol–water partition coefficient (Wildman–Crippen LogP) is 3.69. The van der Waals surface area contributed by atoms with Crippen LogP contribution in [0.3, 0.4) is 0 Å². The number of anilines is 1. The molecule has 3 N–H and O–H groups in total.